The van der Waals surface area contributed by atoms with Crippen LogP contribution >= 0.6 is 11.3 Å². The summed E-state index contributed by atoms with van der Waals surface area (Å²) in [5, 5.41) is 2.04. The zero-order chi connectivity index (χ0) is 12.0. The number of aryl methyl sites for hydroxylation is 1. The van der Waals surface area contributed by atoms with Crippen LogP contribution in [0.3, 0.4) is 0 Å². The third kappa shape index (κ3) is 2.83. The number of nitrogen functional groups attached to an aromatic ring is 1. The molecule has 16 heavy (non-hydrogen) atoms. The average Bonchev–Trinajstić information content (AvgIpc) is 2.85. The van der Waals surface area contributed by atoms with Gasteiger partial charge in [0, 0.05) is 16.1 Å². The van der Waals surface area contributed by atoms with Gasteiger partial charge in [0.25, 0.3) is 0 Å². The molecule has 86 valence electrons. The first-order valence-corrected chi connectivity index (χ1v) is 6.48. The summed E-state index contributed by atoms with van der Waals surface area (Å²) in [5.74, 6) is 0.631. The quantitative estimate of drug-likeness (QED) is 0.853. The van der Waals surface area contributed by atoms with Gasteiger partial charge in [0.05, 0.1) is 0 Å². The van der Waals surface area contributed by atoms with Crippen molar-refractivity contribution in [1.29, 1.82) is 0 Å². The lowest BCUT2D eigenvalue weighted by molar-refractivity contribution is 1.04. The Labute approximate surface area is 101 Å². The summed E-state index contributed by atoms with van der Waals surface area (Å²) in [6.07, 6.45) is 0.926. The first-order chi connectivity index (χ1) is 7.81. The van der Waals surface area contributed by atoms with E-state index < -0.39 is 0 Å². The molecule has 0 aliphatic carbocycles. The lowest BCUT2D eigenvalue weighted by atomic mass is 10.2. The topological polar surface area (TPSA) is 38.9 Å². The lowest BCUT2D eigenvalue weighted by Crippen LogP contribution is -1.96. The van der Waals surface area contributed by atoms with E-state index in [1.54, 1.807) is 11.3 Å². The molecule has 0 fully saturated rings. The third-order valence-corrected chi connectivity index (χ3v) is 3.03. The van der Waals surface area contributed by atoms with Crippen molar-refractivity contribution in [1.82, 2.24) is 4.98 Å². The Morgan fingerprint density at radius 3 is 2.50 bits per heavy atom. The average molecular weight is 234 g/mol. The molecular weight excluding hydrogens is 216 g/mol. The summed E-state index contributed by atoms with van der Waals surface area (Å²) in [5.41, 5.74) is 7.97. The van der Waals surface area contributed by atoms with Gasteiger partial charge in [-0.25, -0.2) is 4.98 Å². The predicted molar refractivity (Wildman–Crippen MR) is 72.7 cm³/mol. The van der Waals surface area contributed by atoms with E-state index in [2.05, 4.69) is 18.0 Å². The van der Waals surface area contributed by atoms with Crippen LogP contribution in [0.25, 0.3) is 10.4 Å². The molecule has 2 aromatic heterocycles. The van der Waals surface area contributed by atoms with Gasteiger partial charge in [-0.3, -0.25) is 0 Å². The minimum Gasteiger partial charge on any atom is -0.383 e. The maximum Gasteiger partial charge on any atom is 0.132 e. The van der Waals surface area contributed by atoms with Crippen molar-refractivity contribution in [3.05, 3.63) is 35.3 Å². The van der Waals surface area contributed by atoms with Crippen LogP contribution in [0.4, 0.5) is 5.82 Å². The summed E-state index contributed by atoms with van der Waals surface area (Å²) in [4.78, 5) is 5.51. The third-order valence-electron chi connectivity index (χ3n) is 2.13. The standard InChI is InChI=1S/C11H12N2S.C2H6/c1-2-8-5-6-9(11(12)13-8)10-4-3-7-14-10;1-2/h3-7H,2H2,1H3,(H2,12,13);1-2H3. The fraction of sp³-hybridized carbons (Fsp3) is 0.308. The summed E-state index contributed by atoms with van der Waals surface area (Å²) in [6, 6.07) is 8.16. The molecule has 2 heterocycles. The number of hydrogen-bond donors (Lipinski definition) is 1. The fourth-order valence-corrected chi connectivity index (χ4v) is 2.11. The van der Waals surface area contributed by atoms with E-state index in [0.717, 1.165) is 17.7 Å². The molecule has 0 bridgehead atoms. The van der Waals surface area contributed by atoms with Crippen LogP contribution in [-0.2, 0) is 6.42 Å². The van der Waals surface area contributed by atoms with Crippen molar-refractivity contribution in [3.63, 3.8) is 0 Å². The van der Waals surface area contributed by atoms with Gasteiger partial charge in [0.15, 0.2) is 0 Å². The summed E-state index contributed by atoms with van der Waals surface area (Å²) < 4.78 is 0. The molecule has 0 unspecified atom stereocenters. The summed E-state index contributed by atoms with van der Waals surface area (Å²) >= 11 is 1.68. The zero-order valence-electron chi connectivity index (χ0n) is 10.0. The van der Waals surface area contributed by atoms with E-state index in [4.69, 9.17) is 5.73 Å². The van der Waals surface area contributed by atoms with Crippen LogP contribution in [0.15, 0.2) is 29.6 Å². The van der Waals surface area contributed by atoms with Gasteiger partial charge in [-0.1, -0.05) is 26.8 Å². The molecule has 2 N–H and O–H groups in total. The Balaban J connectivity index is 0.000000606. The number of anilines is 1. The Bertz CT molecular complexity index is 422. The number of pyridine rings is 1. The highest BCUT2D eigenvalue weighted by molar-refractivity contribution is 7.13. The lowest BCUT2D eigenvalue weighted by Gasteiger charge is -2.03. The Morgan fingerprint density at radius 1 is 1.25 bits per heavy atom. The van der Waals surface area contributed by atoms with Crippen LogP contribution < -0.4 is 5.73 Å². The van der Waals surface area contributed by atoms with Crippen molar-refractivity contribution >= 4 is 17.2 Å². The van der Waals surface area contributed by atoms with E-state index in [9.17, 15) is 0 Å². The second-order valence-electron chi connectivity index (χ2n) is 3.07. The Hall–Kier alpha value is -1.35. The van der Waals surface area contributed by atoms with Crippen molar-refractivity contribution in [2.45, 2.75) is 27.2 Å². The normalized spacial score (nSPS) is 9.44. The van der Waals surface area contributed by atoms with Crippen LogP contribution in [0, 0.1) is 0 Å². The van der Waals surface area contributed by atoms with Gasteiger partial charge in [0.1, 0.15) is 5.82 Å². The monoisotopic (exact) mass is 234 g/mol. The second-order valence-corrected chi connectivity index (χ2v) is 4.01. The van der Waals surface area contributed by atoms with E-state index >= 15 is 0 Å². The minimum absolute atomic E-state index is 0.631. The number of hydrogen-bond acceptors (Lipinski definition) is 3. The maximum atomic E-state index is 5.88. The first-order valence-electron chi connectivity index (χ1n) is 5.60. The molecule has 0 aliphatic heterocycles. The molecule has 3 heteroatoms. The molecule has 0 saturated carbocycles. The van der Waals surface area contributed by atoms with Crippen molar-refractivity contribution in [2.75, 3.05) is 5.73 Å². The van der Waals surface area contributed by atoms with E-state index in [-0.39, 0.29) is 0 Å². The van der Waals surface area contributed by atoms with Crippen molar-refractivity contribution < 1.29 is 0 Å². The zero-order valence-corrected chi connectivity index (χ0v) is 10.8. The largest absolute Gasteiger partial charge is 0.383 e. The van der Waals surface area contributed by atoms with Crippen LogP contribution in [0.5, 0.6) is 0 Å². The molecule has 2 aromatic rings. The van der Waals surface area contributed by atoms with E-state index in [0.29, 0.717) is 5.82 Å². The van der Waals surface area contributed by atoms with Crippen LogP contribution in [0.2, 0.25) is 0 Å². The van der Waals surface area contributed by atoms with E-state index in [1.807, 2.05) is 37.4 Å². The maximum absolute atomic E-state index is 5.88. The highest BCUT2D eigenvalue weighted by Gasteiger charge is 2.04. The molecule has 2 rings (SSSR count). The van der Waals surface area contributed by atoms with Crippen LogP contribution in [-0.4, -0.2) is 4.98 Å². The first kappa shape index (κ1) is 12.7. The smallest absolute Gasteiger partial charge is 0.132 e. The van der Waals surface area contributed by atoms with Crippen molar-refractivity contribution in [3.8, 4) is 10.4 Å². The fourth-order valence-electron chi connectivity index (χ4n) is 1.35. The van der Waals surface area contributed by atoms with Crippen LogP contribution in [0.1, 0.15) is 26.5 Å². The Morgan fingerprint density at radius 2 is 2.00 bits per heavy atom. The summed E-state index contributed by atoms with van der Waals surface area (Å²) in [6.45, 7) is 6.08. The minimum atomic E-state index is 0.631. The molecule has 0 amide bonds. The highest BCUT2D eigenvalue weighted by atomic mass is 32.1. The molecule has 0 atom stereocenters. The second kappa shape index (κ2) is 6.28. The van der Waals surface area contributed by atoms with Gasteiger partial charge in [-0.2, -0.15) is 0 Å². The number of nitrogens with two attached hydrogens (primary N) is 1. The van der Waals surface area contributed by atoms with Gasteiger partial charge in [-0.15, -0.1) is 11.3 Å². The molecule has 0 spiro atoms. The molecule has 0 saturated heterocycles. The molecular formula is C13H18N2S. The molecule has 0 radical (unpaired) electrons. The molecule has 0 aromatic carbocycles. The number of nitrogens with zero attached hydrogens (tertiary/aromatic N) is 1. The molecule has 2 nitrogen and oxygen atoms in total. The van der Waals surface area contributed by atoms with Gasteiger partial charge in [0.2, 0.25) is 0 Å². The number of rotatable bonds is 2. The number of thiophene rings is 1. The Kier molecular flexibility index (Phi) is 4.99. The van der Waals surface area contributed by atoms with Crippen molar-refractivity contribution in [2.24, 2.45) is 0 Å². The number of aromatic nitrogens is 1. The SMILES string of the molecule is CC.CCc1ccc(-c2cccs2)c(N)n1. The van der Waals surface area contributed by atoms with Gasteiger partial charge >= 0.3 is 0 Å². The van der Waals surface area contributed by atoms with E-state index in [1.165, 1.54) is 4.88 Å². The highest BCUT2D eigenvalue weighted by Crippen LogP contribution is 2.28. The van der Waals surface area contributed by atoms with Gasteiger partial charge < -0.3 is 5.73 Å². The summed E-state index contributed by atoms with van der Waals surface area (Å²) in [7, 11) is 0. The predicted octanol–water partition coefficient (Wildman–Crippen LogP) is 3.98. The van der Waals surface area contributed by atoms with Gasteiger partial charge in [-0.05, 0) is 30.0 Å². The molecule has 0 aliphatic rings.